The Kier molecular flexibility index (Phi) is 4.77. The lowest BCUT2D eigenvalue weighted by Crippen LogP contribution is -2.52. The summed E-state index contributed by atoms with van der Waals surface area (Å²) in [4.78, 5) is 22.7. The second kappa shape index (κ2) is 5.92. The highest BCUT2D eigenvalue weighted by Gasteiger charge is 2.33. The van der Waals surface area contributed by atoms with Gasteiger partial charge in [0, 0.05) is 4.75 Å². The number of thiol groups is 1. The first-order chi connectivity index (χ1) is 8.71. The summed E-state index contributed by atoms with van der Waals surface area (Å²) in [5.74, 6) is -1.82. The molecule has 0 bridgehead atoms. The fourth-order valence-corrected chi connectivity index (χ4v) is 1.57. The zero-order valence-electron chi connectivity index (χ0n) is 10.5. The summed E-state index contributed by atoms with van der Waals surface area (Å²) in [5, 5.41) is 13.5. The molecule has 0 aliphatic rings. The molecule has 0 aromatic heterocycles. The largest absolute Gasteiger partial charge is 0.480 e. The first kappa shape index (κ1) is 15.3. The van der Waals surface area contributed by atoms with Crippen LogP contribution in [0.5, 0.6) is 0 Å². The smallest absolute Gasteiger partial charge is 0.327 e. The Hall–Kier alpha value is -1.76. The summed E-state index contributed by atoms with van der Waals surface area (Å²) in [7, 11) is 0. The van der Waals surface area contributed by atoms with E-state index in [9.17, 15) is 14.0 Å². The number of urea groups is 1. The van der Waals surface area contributed by atoms with E-state index in [1.54, 1.807) is 19.9 Å². The fraction of sp³-hybridized carbons (Fsp3) is 0.333. The third kappa shape index (κ3) is 4.44. The molecular weight excluding hydrogens is 271 g/mol. The molecule has 0 radical (unpaired) electrons. The van der Waals surface area contributed by atoms with Gasteiger partial charge in [-0.3, -0.25) is 0 Å². The number of hydrogen-bond acceptors (Lipinski definition) is 3. The van der Waals surface area contributed by atoms with Crippen LogP contribution in [0.4, 0.5) is 14.9 Å². The summed E-state index contributed by atoms with van der Waals surface area (Å²) in [6.07, 6.45) is 0. The van der Waals surface area contributed by atoms with Gasteiger partial charge in [-0.05, 0) is 26.0 Å². The number of carbonyl (C=O) groups is 2. The van der Waals surface area contributed by atoms with Crippen LogP contribution in [0.3, 0.4) is 0 Å². The quantitative estimate of drug-likeness (QED) is 0.640. The molecule has 1 atom stereocenters. The number of carbonyl (C=O) groups excluding carboxylic acids is 1. The van der Waals surface area contributed by atoms with Crippen LogP contribution in [0.1, 0.15) is 13.8 Å². The minimum absolute atomic E-state index is 0.0268. The predicted molar refractivity (Wildman–Crippen MR) is 73.0 cm³/mol. The number of rotatable bonds is 4. The fourth-order valence-electron chi connectivity index (χ4n) is 1.39. The predicted octanol–water partition coefficient (Wildman–Crippen LogP) is 2.11. The number of carboxylic acid groups (broad SMARTS) is 1. The lowest BCUT2D eigenvalue weighted by molar-refractivity contribution is -0.139. The van der Waals surface area contributed by atoms with Crippen molar-refractivity contribution in [3.05, 3.63) is 30.1 Å². The molecule has 1 rings (SSSR count). The monoisotopic (exact) mass is 286 g/mol. The lowest BCUT2D eigenvalue weighted by atomic mass is 10.0. The number of amides is 2. The number of para-hydroxylation sites is 1. The Labute approximate surface area is 115 Å². The molecule has 3 N–H and O–H groups in total. The normalized spacial score (nSPS) is 12.6. The van der Waals surface area contributed by atoms with Gasteiger partial charge in [-0.1, -0.05) is 12.1 Å². The number of benzene rings is 1. The van der Waals surface area contributed by atoms with Crippen LogP contribution >= 0.6 is 12.6 Å². The van der Waals surface area contributed by atoms with Crippen molar-refractivity contribution in [2.75, 3.05) is 5.32 Å². The standard InChI is InChI=1S/C12H15FN2O3S/c1-12(2,19)9(10(16)17)15-11(18)14-8-6-4-3-5-7(8)13/h3-6,9,19H,1-2H3,(H,16,17)(H2,14,15,18). The van der Waals surface area contributed by atoms with Crippen molar-refractivity contribution in [2.24, 2.45) is 0 Å². The maximum absolute atomic E-state index is 13.3. The number of hydrogen-bond donors (Lipinski definition) is 4. The van der Waals surface area contributed by atoms with Crippen LogP contribution in [0.2, 0.25) is 0 Å². The van der Waals surface area contributed by atoms with Crippen molar-refractivity contribution in [1.82, 2.24) is 5.32 Å². The van der Waals surface area contributed by atoms with E-state index in [2.05, 4.69) is 23.3 Å². The minimum Gasteiger partial charge on any atom is -0.480 e. The van der Waals surface area contributed by atoms with E-state index < -0.39 is 28.6 Å². The third-order valence-electron chi connectivity index (χ3n) is 2.35. The Morgan fingerprint density at radius 2 is 1.95 bits per heavy atom. The van der Waals surface area contributed by atoms with E-state index in [-0.39, 0.29) is 5.69 Å². The van der Waals surface area contributed by atoms with Gasteiger partial charge in [-0.2, -0.15) is 12.6 Å². The molecule has 1 aromatic rings. The molecule has 0 heterocycles. The van der Waals surface area contributed by atoms with Gasteiger partial charge in [0.2, 0.25) is 0 Å². The van der Waals surface area contributed by atoms with Gasteiger partial charge in [0.1, 0.15) is 11.9 Å². The SMILES string of the molecule is CC(C)(S)C(NC(=O)Nc1ccccc1F)C(=O)O. The first-order valence-corrected chi connectivity index (χ1v) is 5.94. The second-order valence-electron chi connectivity index (χ2n) is 4.50. The van der Waals surface area contributed by atoms with Crippen molar-refractivity contribution in [3.63, 3.8) is 0 Å². The van der Waals surface area contributed by atoms with E-state index in [4.69, 9.17) is 5.11 Å². The van der Waals surface area contributed by atoms with Gasteiger partial charge in [-0.25, -0.2) is 14.0 Å². The highest BCUT2D eigenvalue weighted by atomic mass is 32.1. The zero-order valence-corrected chi connectivity index (χ0v) is 11.4. The highest BCUT2D eigenvalue weighted by molar-refractivity contribution is 7.81. The van der Waals surface area contributed by atoms with E-state index in [0.717, 1.165) is 0 Å². The molecule has 5 nitrogen and oxygen atoms in total. The molecule has 7 heteroatoms. The third-order valence-corrected chi connectivity index (χ3v) is 2.61. The maximum Gasteiger partial charge on any atom is 0.327 e. The van der Waals surface area contributed by atoms with Crippen LogP contribution in [0.25, 0.3) is 0 Å². The number of halogens is 1. The Bertz CT molecular complexity index is 488. The van der Waals surface area contributed by atoms with E-state index in [1.807, 2.05) is 0 Å². The van der Waals surface area contributed by atoms with Crippen LogP contribution in [-0.2, 0) is 4.79 Å². The zero-order chi connectivity index (χ0) is 14.6. The molecule has 0 fully saturated rings. The van der Waals surface area contributed by atoms with E-state index in [0.29, 0.717) is 0 Å². The molecule has 19 heavy (non-hydrogen) atoms. The van der Waals surface area contributed by atoms with Crippen LogP contribution in [-0.4, -0.2) is 27.9 Å². The van der Waals surface area contributed by atoms with Gasteiger partial charge in [0.15, 0.2) is 0 Å². The molecule has 0 saturated heterocycles. The Morgan fingerprint density at radius 1 is 1.37 bits per heavy atom. The molecule has 0 aliphatic heterocycles. The van der Waals surface area contributed by atoms with Crippen LogP contribution < -0.4 is 10.6 Å². The summed E-state index contributed by atoms with van der Waals surface area (Å²) in [6.45, 7) is 3.11. The second-order valence-corrected chi connectivity index (χ2v) is 5.66. The molecule has 0 aliphatic carbocycles. The molecule has 0 spiro atoms. The summed E-state index contributed by atoms with van der Waals surface area (Å²) in [6, 6.07) is 3.58. The molecule has 1 aromatic carbocycles. The maximum atomic E-state index is 13.3. The lowest BCUT2D eigenvalue weighted by Gasteiger charge is -2.26. The molecule has 1 unspecified atom stereocenters. The van der Waals surface area contributed by atoms with Gasteiger partial charge < -0.3 is 15.7 Å². The van der Waals surface area contributed by atoms with Crippen molar-refractivity contribution < 1.29 is 19.1 Å². The van der Waals surface area contributed by atoms with Crippen LogP contribution in [0, 0.1) is 5.82 Å². The van der Waals surface area contributed by atoms with Crippen molar-refractivity contribution >= 4 is 30.3 Å². The summed E-state index contributed by atoms with van der Waals surface area (Å²) >= 11 is 4.11. The van der Waals surface area contributed by atoms with E-state index >= 15 is 0 Å². The molecule has 104 valence electrons. The average molecular weight is 286 g/mol. The molecular formula is C12H15FN2O3S. The van der Waals surface area contributed by atoms with Crippen molar-refractivity contribution in [3.8, 4) is 0 Å². The van der Waals surface area contributed by atoms with Gasteiger partial charge in [0.25, 0.3) is 0 Å². The Morgan fingerprint density at radius 3 is 2.42 bits per heavy atom. The van der Waals surface area contributed by atoms with Crippen molar-refractivity contribution in [2.45, 2.75) is 24.6 Å². The number of carboxylic acids is 1. The number of anilines is 1. The average Bonchev–Trinajstić information content (AvgIpc) is 2.27. The topological polar surface area (TPSA) is 78.4 Å². The first-order valence-electron chi connectivity index (χ1n) is 5.49. The number of nitrogens with one attached hydrogen (secondary N) is 2. The van der Waals surface area contributed by atoms with Gasteiger partial charge in [0.05, 0.1) is 5.69 Å². The van der Waals surface area contributed by atoms with Crippen molar-refractivity contribution in [1.29, 1.82) is 0 Å². The van der Waals surface area contributed by atoms with E-state index in [1.165, 1.54) is 18.2 Å². The van der Waals surface area contributed by atoms with Gasteiger partial charge >= 0.3 is 12.0 Å². The Balaban J connectivity index is 2.75. The highest BCUT2D eigenvalue weighted by Crippen LogP contribution is 2.18. The van der Waals surface area contributed by atoms with Crippen LogP contribution in [0.15, 0.2) is 24.3 Å². The summed E-state index contributed by atoms with van der Waals surface area (Å²) in [5.41, 5.74) is -0.0268. The van der Waals surface area contributed by atoms with Gasteiger partial charge in [-0.15, -0.1) is 0 Å². The molecule has 0 saturated carbocycles. The summed E-state index contributed by atoms with van der Waals surface area (Å²) < 4.78 is 12.3. The minimum atomic E-state index is -1.22. The number of aliphatic carboxylic acids is 1. The molecule has 2 amide bonds.